The molecule has 0 saturated heterocycles. The fourth-order valence-electron chi connectivity index (χ4n) is 2.70. The number of nitrogens with zero attached hydrogens (tertiary/aromatic N) is 4. The summed E-state index contributed by atoms with van der Waals surface area (Å²) in [6, 6.07) is 9.82. The van der Waals surface area contributed by atoms with Crippen molar-refractivity contribution >= 4 is 23.4 Å². The first-order chi connectivity index (χ1) is 13.6. The summed E-state index contributed by atoms with van der Waals surface area (Å²) in [6.45, 7) is 1.11. The number of hydrogen-bond acceptors (Lipinski definition) is 5. The van der Waals surface area contributed by atoms with Crippen LogP contribution in [0.4, 0.5) is 10.1 Å². The number of ether oxygens (including phenoxy) is 1. The number of methoxy groups -OCH3 is 1. The van der Waals surface area contributed by atoms with E-state index in [0.717, 1.165) is 11.5 Å². The van der Waals surface area contributed by atoms with Gasteiger partial charge in [-0.2, -0.15) is 0 Å². The molecule has 1 N–H and O–H groups in total. The maximum Gasteiger partial charge on any atom is 0.234 e. The molecule has 0 unspecified atom stereocenters. The van der Waals surface area contributed by atoms with Gasteiger partial charge < -0.3 is 19.2 Å². The topological polar surface area (TPSA) is 74.0 Å². The van der Waals surface area contributed by atoms with Crippen LogP contribution in [0.25, 0.3) is 0 Å². The minimum absolute atomic E-state index is 0.145. The largest absolute Gasteiger partial charge is 0.383 e. The fraction of sp³-hybridized carbons (Fsp3) is 0.316. The third-order valence-corrected chi connectivity index (χ3v) is 5.11. The third-order valence-electron chi connectivity index (χ3n) is 4.14. The average Bonchev–Trinajstić information content (AvgIpc) is 3.24. The second-order valence-electron chi connectivity index (χ2n) is 6.18. The van der Waals surface area contributed by atoms with Crippen molar-refractivity contribution < 1.29 is 13.9 Å². The number of amides is 1. The number of halogens is 1. The molecule has 0 bridgehead atoms. The second-order valence-corrected chi connectivity index (χ2v) is 7.12. The number of nitrogens with one attached hydrogen (secondary N) is 1. The Balaban J connectivity index is 1.66. The molecule has 0 spiro atoms. The Morgan fingerprint density at radius 3 is 2.86 bits per heavy atom. The average molecular weight is 403 g/mol. The van der Waals surface area contributed by atoms with E-state index < -0.39 is 5.82 Å². The van der Waals surface area contributed by atoms with Gasteiger partial charge in [0, 0.05) is 44.7 Å². The first kappa shape index (κ1) is 20.1. The summed E-state index contributed by atoms with van der Waals surface area (Å²) in [5.41, 5.74) is 1.54. The minimum Gasteiger partial charge on any atom is -0.383 e. The molecule has 2 aromatic heterocycles. The lowest BCUT2D eigenvalue weighted by Crippen LogP contribution is -2.15. The van der Waals surface area contributed by atoms with E-state index in [1.54, 1.807) is 19.2 Å². The van der Waals surface area contributed by atoms with Crippen LogP contribution in [-0.2, 0) is 29.5 Å². The summed E-state index contributed by atoms with van der Waals surface area (Å²) >= 11 is 1.29. The molecule has 28 heavy (non-hydrogen) atoms. The molecular formula is C19H22FN5O2S. The van der Waals surface area contributed by atoms with E-state index in [1.165, 1.54) is 23.9 Å². The summed E-state index contributed by atoms with van der Waals surface area (Å²) in [4.78, 5) is 12.2. The monoisotopic (exact) mass is 403 g/mol. The number of aryl methyl sites for hydroxylation is 1. The highest BCUT2D eigenvalue weighted by Crippen LogP contribution is 2.20. The predicted octanol–water partition coefficient (Wildman–Crippen LogP) is 2.72. The summed E-state index contributed by atoms with van der Waals surface area (Å²) < 4.78 is 22.4. The van der Waals surface area contributed by atoms with Gasteiger partial charge in [0.2, 0.25) is 5.91 Å². The van der Waals surface area contributed by atoms with Crippen LogP contribution in [0.1, 0.15) is 11.5 Å². The molecule has 0 aliphatic carbocycles. The third kappa shape index (κ3) is 5.20. The summed E-state index contributed by atoms with van der Waals surface area (Å²) in [7, 11) is 3.62. The Hall–Kier alpha value is -2.65. The van der Waals surface area contributed by atoms with Crippen molar-refractivity contribution in [2.75, 3.05) is 24.8 Å². The number of anilines is 1. The molecule has 148 valence electrons. The molecule has 1 aromatic carbocycles. The number of hydrogen-bond donors (Lipinski definition) is 1. The van der Waals surface area contributed by atoms with Gasteiger partial charge in [-0.15, -0.1) is 10.2 Å². The lowest BCUT2D eigenvalue weighted by molar-refractivity contribution is -0.113. The number of benzene rings is 1. The zero-order valence-electron chi connectivity index (χ0n) is 15.8. The molecule has 2 heterocycles. The highest BCUT2D eigenvalue weighted by atomic mass is 32.2. The second kappa shape index (κ2) is 9.52. The Bertz CT molecular complexity index is 940. The van der Waals surface area contributed by atoms with Crippen molar-refractivity contribution in [3.05, 3.63) is 59.9 Å². The molecule has 0 aliphatic heterocycles. The van der Waals surface area contributed by atoms with Crippen LogP contribution >= 0.6 is 11.8 Å². The fourth-order valence-corrected chi connectivity index (χ4v) is 3.48. The van der Waals surface area contributed by atoms with Gasteiger partial charge in [0.25, 0.3) is 0 Å². The van der Waals surface area contributed by atoms with Crippen molar-refractivity contribution in [3.63, 3.8) is 0 Å². The quantitative estimate of drug-likeness (QED) is 0.556. The van der Waals surface area contributed by atoms with Crippen LogP contribution in [0.15, 0.2) is 47.8 Å². The van der Waals surface area contributed by atoms with Crippen molar-refractivity contribution in [2.45, 2.75) is 18.1 Å². The lowest BCUT2D eigenvalue weighted by atomic mass is 10.3. The van der Waals surface area contributed by atoms with Crippen molar-refractivity contribution in [1.82, 2.24) is 19.3 Å². The summed E-state index contributed by atoms with van der Waals surface area (Å²) in [5, 5.41) is 11.9. The molecule has 0 saturated carbocycles. The SMILES string of the molecule is COCCn1c(Cc2cccn2C)nnc1SCC(=O)Nc1cccc(F)c1. The smallest absolute Gasteiger partial charge is 0.234 e. The van der Waals surface area contributed by atoms with E-state index in [-0.39, 0.29) is 11.7 Å². The van der Waals surface area contributed by atoms with E-state index in [2.05, 4.69) is 15.5 Å². The predicted molar refractivity (Wildman–Crippen MR) is 106 cm³/mol. The number of thioether (sulfide) groups is 1. The van der Waals surface area contributed by atoms with Gasteiger partial charge in [0.05, 0.1) is 12.4 Å². The Kier molecular flexibility index (Phi) is 6.83. The van der Waals surface area contributed by atoms with Gasteiger partial charge >= 0.3 is 0 Å². The number of aromatic nitrogens is 4. The highest BCUT2D eigenvalue weighted by molar-refractivity contribution is 7.99. The molecule has 9 heteroatoms. The zero-order chi connectivity index (χ0) is 19.9. The van der Waals surface area contributed by atoms with Gasteiger partial charge in [-0.25, -0.2) is 4.39 Å². The first-order valence-electron chi connectivity index (χ1n) is 8.76. The van der Waals surface area contributed by atoms with E-state index in [0.29, 0.717) is 30.4 Å². The van der Waals surface area contributed by atoms with E-state index in [9.17, 15) is 9.18 Å². The van der Waals surface area contributed by atoms with Crippen molar-refractivity contribution in [3.8, 4) is 0 Å². The molecule has 0 fully saturated rings. The molecule has 1 amide bonds. The van der Waals surface area contributed by atoms with Crippen molar-refractivity contribution in [2.24, 2.45) is 7.05 Å². The molecule has 0 atom stereocenters. The standard InChI is InChI=1S/C19H22FN5O2S/c1-24-8-4-7-16(24)12-17-22-23-19(25(17)9-10-27-2)28-13-18(26)21-15-6-3-5-14(20)11-15/h3-8,11H,9-10,12-13H2,1-2H3,(H,21,26). The normalized spacial score (nSPS) is 11.0. The zero-order valence-corrected chi connectivity index (χ0v) is 16.6. The number of carbonyl (C=O) groups excluding carboxylic acids is 1. The molecule has 3 rings (SSSR count). The summed E-state index contributed by atoms with van der Waals surface area (Å²) in [6.07, 6.45) is 2.62. The maximum absolute atomic E-state index is 13.2. The van der Waals surface area contributed by atoms with E-state index in [1.807, 2.05) is 34.5 Å². The van der Waals surface area contributed by atoms with E-state index in [4.69, 9.17) is 4.74 Å². The molecule has 0 radical (unpaired) electrons. The van der Waals surface area contributed by atoms with Gasteiger partial charge in [-0.3, -0.25) is 4.79 Å². The molecule has 3 aromatic rings. The van der Waals surface area contributed by atoms with Crippen LogP contribution in [0.2, 0.25) is 0 Å². The maximum atomic E-state index is 13.2. The first-order valence-corrected chi connectivity index (χ1v) is 9.75. The molecule has 7 nitrogen and oxygen atoms in total. The van der Waals surface area contributed by atoms with Gasteiger partial charge in [0.1, 0.15) is 11.6 Å². The number of rotatable bonds is 9. The Morgan fingerprint density at radius 2 is 2.14 bits per heavy atom. The summed E-state index contributed by atoms with van der Waals surface area (Å²) in [5.74, 6) is 0.328. The van der Waals surface area contributed by atoms with Crippen LogP contribution in [0, 0.1) is 5.82 Å². The van der Waals surface area contributed by atoms with Gasteiger partial charge in [-0.05, 0) is 30.3 Å². The van der Waals surface area contributed by atoms with E-state index >= 15 is 0 Å². The van der Waals surface area contributed by atoms with Crippen LogP contribution in [-0.4, -0.2) is 44.7 Å². The van der Waals surface area contributed by atoms with Gasteiger partial charge in [-0.1, -0.05) is 17.8 Å². The highest BCUT2D eigenvalue weighted by Gasteiger charge is 2.15. The van der Waals surface area contributed by atoms with Crippen LogP contribution < -0.4 is 5.32 Å². The van der Waals surface area contributed by atoms with Crippen LogP contribution in [0.5, 0.6) is 0 Å². The van der Waals surface area contributed by atoms with Gasteiger partial charge in [0.15, 0.2) is 5.16 Å². The number of carbonyl (C=O) groups is 1. The molecular weight excluding hydrogens is 381 g/mol. The Labute approximate surface area is 166 Å². The Morgan fingerprint density at radius 1 is 1.29 bits per heavy atom. The van der Waals surface area contributed by atoms with Crippen LogP contribution in [0.3, 0.4) is 0 Å². The lowest BCUT2D eigenvalue weighted by Gasteiger charge is -2.10. The van der Waals surface area contributed by atoms with Crippen molar-refractivity contribution in [1.29, 1.82) is 0 Å². The minimum atomic E-state index is -0.393. The molecule has 0 aliphatic rings.